The van der Waals surface area contributed by atoms with Crippen molar-refractivity contribution in [3.05, 3.63) is 29.3 Å². The third-order valence-corrected chi connectivity index (χ3v) is 2.93. The summed E-state index contributed by atoms with van der Waals surface area (Å²) in [6.45, 7) is 8.35. The minimum Gasteiger partial charge on any atom is -0.496 e. The maximum atomic E-state index is 11.7. The first-order valence-corrected chi connectivity index (χ1v) is 6.42. The molecule has 106 valence electrons. The first-order valence-electron chi connectivity index (χ1n) is 6.42. The molecule has 1 aromatic rings. The van der Waals surface area contributed by atoms with Gasteiger partial charge in [-0.15, -0.1) is 0 Å². The third-order valence-electron chi connectivity index (χ3n) is 2.93. The highest BCUT2D eigenvalue weighted by Crippen LogP contribution is 2.33. The van der Waals surface area contributed by atoms with E-state index in [0.29, 0.717) is 6.61 Å². The Morgan fingerprint density at radius 3 is 2.47 bits per heavy atom. The fourth-order valence-corrected chi connectivity index (χ4v) is 1.87. The summed E-state index contributed by atoms with van der Waals surface area (Å²) in [5, 5.41) is 0. The van der Waals surface area contributed by atoms with Crippen LogP contribution < -0.4 is 10.5 Å². The van der Waals surface area contributed by atoms with Gasteiger partial charge in [0.2, 0.25) is 0 Å². The van der Waals surface area contributed by atoms with Crippen LogP contribution in [0.5, 0.6) is 5.75 Å². The second-order valence-corrected chi connectivity index (χ2v) is 5.44. The van der Waals surface area contributed by atoms with Crippen LogP contribution in [0.3, 0.4) is 0 Å². The van der Waals surface area contributed by atoms with Crippen LogP contribution in [0.2, 0.25) is 0 Å². The highest BCUT2D eigenvalue weighted by Gasteiger charge is 2.23. The zero-order chi connectivity index (χ0) is 14.6. The van der Waals surface area contributed by atoms with Crippen molar-refractivity contribution in [2.75, 3.05) is 13.7 Å². The first kappa shape index (κ1) is 15.5. The molecule has 1 unspecified atom stereocenters. The van der Waals surface area contributed by atoms with Gasteiger partial charge in [0.25, 0.3) is 0 Å². The number of hydrogen-bond donors (Lipinski definition) is 1. The Labute approximate surface area is 114 Å². The van der Waals surface area contributed by atoms with E-state index in [4.69, 9.17) is 15.2 Å². The standard InChI is InChI=1S/C15H23NO3/c1-6-19-14(17)13(16)10-7-8-12(18-5)11(9-10)15(2,3)4/h7-9,13H,6,16H2,1-5H3. The largest absolute Gasteiger partial charge is 0.496 e. The van der Waals surface area contributed by atoms with E-state index in [2.05, 4.69) is 20.8 Å². The Balaban J connectivity index is 3.15. The molecule has 0 saturated carbocycles. The molecule has 0 saturated heterocycles. The number of nitrogens with two attached hydrogens (primary N) is 1. The van der Waals surface area contributed by atoms with Crippen LogP contribution in [0, 0.1) is 0 Å². The summed E-state index contributed by atoms with van der Waals surface area (Å²) < 4.78 is 10.3. The van der Waals surface area contributed by atoms with Gasteiger partial charge in [0, 0.05) is 0 Å². The van der Waals surface area contributed by atoms with Crippen molar-refractivity contribution < 1.29 is 14.3 Å². The van der Waals surface area contributed by atoms with Crippen LogP contribution in [0.15, 0.2) is 18.2 Å². The topological polar surface area (TPSA) is 61.5 Å². The lowest BCUT2D eigenvalue weighted by Crippen LogP contribution is -2.24. The molecule has 2 N–H and O–H groups in total. The molecule has 0 aliphatic heterocycles. The monoisotopic (exact) mass is 265 g/mol. The first-order chi connectivity index (χ1) is 8.81. The van der Waals surface area contributed by atoms with E-state index in [1.54, 1.807) is 20.1 Å². The molecule has 0 spiro atoms. The van der Waals surface area contributed by atoms with E-state index in [9.17, 15) is 4.79 Å². The number of benzene rings is 1. The smallest absolute Gasteiger partial charge is 0.327 e. The molecule has 4 heteroatoms. The minimum absolute atomic E-state index is 0.0876. The quantitative estimate of drug-likeness (QED) is 0.850. The van der Waals surface area contributed by atoms with Gasteiger partial charge >= 0.3 is 5.97 Å². The van der Waals surface area contributed by atoms with Gasteiger partial charge in [-0.25, -0.2) is 4.79 Å². The fourth-order valence-electron chi connectivity index (χ4n) is 1.87. The van der Waals surface area contributed by atoms with Gasteiger partial charge in [-0.1, -0.05) is 26.8 Å². The molecule has 1 aromatic carbocycles. The molecule has 0 aliphatic rings. The van der Waals surface area contributed by atoms with Gasteiger partial charge < -0.3 is 15.2 Å². The van der Waals surface area contributed by atoms with Gasteiger partial charge in [-0.3, -0.25) is 0 Å². The number of rotatable bonds is 4. The summed E-state index contributed by atoms with van der Waals surface area (Å²) >= 11 is 0. The van der Waals surface area contributed by atoms with E-state index in [-0.39, 0.29) is 5.41 Å². The van der Waals surface area contributed by atoms with Crippen molar-refractivity contribution in [2.45, 2.75) is 39.2 Å². The average Bonchev–Trinajstić information content (AvgIpc) is 2.36. The highest BCUT2D eigenvalue weighted by molar-refractivity contribution is 5.77. The van der Waals surface area contributed by atoms with E-state index >= 15 is 0 Å². The molecule has 1 rings (SSSR count). The normalized spacial score (nSPS) is 12.9. The lowest BCUT2D eigenvalue weighted by Gasteiger charge is -2.23. The van der Waals surface area contributed by atoms with Crippen molar-refractivity contribution in [1.29, 1.82) is 0 Å². The molecular weight excluding hydrogens is 242 g/mol. The molecule has 0 fully saturated rings. The predicted octanol–water partition coefficient (Wildman–Crippen LogP) is 2.56. The number of ether oxygens (including phenoxy) is 2. The molecule has 0 aliphatic carbocycles. The summed E-state index contributed by atoms with van der Waals surface area (Å²) in [7, 11) is 1.63. The van der Waals surface area contributed by atoms with Crippen LogP contribution in [-0.2, 0) is 14.9 Å². The number of methoxy groups -OCH3 is 1. The summed E-state index contributed by atoms with van der Waals surface area (Å²) in [5.74, 6) is 0.389. The molecule has 0 heterocycles. The van der Waals surface area contributed by atoms with Crippen LogP contribution >= 0.6 is 0 Å². The molecule has 0 bridgehead atoms. The zero-order valence-corrected chi connectivity index (χ0v) is 12.3. The Bertz CT molecular complexity index is 449. The molecule has 0 radical (unpaired) electrons. The number of esters is 1. The van der Waals surface area contributed by atoms with Crippen LogP contribution in [-0.4, -0.2) is 19.7 Å². The molecule has 19 heavy (non-hydrogen) atoms. The minimum atomic E-state index is -0.757. The Hall–Kier alpha value is -1.55. The Morgan fingerprint density at radius 1 is 1.37 bits per heavy atom. The van der Waals surface area contributed by atoms with Gasteiger partial charge in [0.05, 0.1) is 13.7 Å². The molecule has 4 nitrogen and oxygen atoms in total. The van der Waals surface area contributed by atoms with Crippen LogP contribution in [0.4, 0.5) is 0 Å². The lowest BCUT2D eigenvalue weighted by atomic mass is 9.84. The van der Waals surface area contributed by atoms with E-state index in [1.807, 2.05) is 12.1 Å². The average molecular weight is 265 g/mol. The predicted molar refractivity (Wildman–Crippen MR) is 75.3 cm³/mol. The molecule has 0 aromatic heterocycles. The van der Waals surface area contributed by atoms with E-state index < -0.39 is 12.0 Å². The summed E-state index contributed by atoms with van der Waals surface area (Å²) in [6.07, 6.45) is 0. The second kappa shape index (κ2) is 6.06. The van der Waals surface area contributed by atoms with E-state index in [1.165, 1.54) is 0 Å². The van der Waals surface area contributed by atoms with Crippen LogP contribution in [0.25, 0.3) is 0 Å². The zero-order valence-electron chi connectivity index (χ0n) is 12.3. The van der Waals surface area contributed by atoms with Gasteiger partial charge in [0.1, 0.15) is 11.8 Å². The lowest BCUT2D eigenvalue weighted by molar-refractivity contribution is -0.144. The fraction of sp³-hybridized carbons (Fsp3) is 0.533. The Morgan fingerprint density at radius 2 is 2.00 bits per heavy atom. The van der Waals surface area contributed by atoms with Gasteiger partial charge in [0.15, 0.2) is 0 Å². The molecule has 0 amide bonds. The summed E-state index contributed by atoms with van der Waals surface area (Å²) in [6, 6.07) is 4.80. The van der Waals surface area contributed by atoms with Crippen molar-refractivity contribution in [3.8, 4) is 5.75 Å². The maximum Gasteiger partial charge on any atom is 0.327 e. The van der Waals surface area contributed by atoms with Crippen molar-refractivity contribution in [2.24, 2.45) is 5.73 Å². The van der Waals surface area contributed by atoms with Gasteiger partial charge in [-0.2, -0.15) is 0 Å². The van der Waals surface area contributed by atoms with Crippen molar-refractivity contribution in [1.82, 2.24) is 0 Å². The van der Waals surface area contributed by atoms with Crippen molar-refractivity contribution in [3.63, 3.8) is 0 Å². The van der Waals surface area contributed by atoms with Crippen LogP contribution in [0.1, 0.15) is 44.9 Å². The number of hydrogen-bond acceptors (Lipinski definition) is 4. The highest BCUT2D eigenvalue weighted by atomic mass is 16.5. The summed E-state index contributed by atoms with van der Waals surface area (Å²) in [5.41, 5.74) is 7.59. The molecular formula is C15H23NO3. The SMILES string of the molecule is CCOC(=O)C(N)c1ccc(OC)c(C(C)(C)C)c1. The van der Waals surface area contributed by atoms with Crippen molar-refractivity contribution >= 4 is 5.97 Å². The second-order valence-electron chi connectivity index (χ2n) is 5.44. The number of carbonyl (C=O) groups is 1. The Kier molecular flexibility index (Phi) is 4.95. The van der Waals surface area contributed by atoms with Gasteiger partial charge in [-0.05, 0) is 35.6 Å². The third kappa shape index (κ3) is 3.70. The van der Waals surface area contributed by atoms with E-state index in [0.717, 1.165) is 16.9 Å². The summed E-state index contributed by atoms with van der Waals surface area (Å²) in [4.78, 5) is 11.7. The molecule has 1 atom stereocenters. The maximum absolute atomic E-state index is 11.7. The number of carbonyl (C=O) groups excluding carboxylic acids is 1.